The van der Waals surface area contributed by atoms with E-state index in [0.717, 1.165) is 6.33 Å². The first kappa shape index (κ1) is 27.5. The summed E-state index contributed by atoms with van der Waals surface area (Å²) in [5, 5.41) is 30.3. The number of aliphatic hydroxyl groups excluding tert-OH is 2. The van der Waals surface area contributed by atoms with E-state index in [0.29, 0.717) is 0 Å². The Hall–Kier alpha value is -1.72. The number of esters is 1. The molecule has 1 aliphatic heterocycles. The summed E-state index contributed by atoms with van der Waals surface area (Å²) in [5.41, 5.74) is 5.60. The molecule has 1 aliphatic rings. The van der Waals surface area contributed by atoms with Gasteiger partial charge < -0.3 is 35.1 Å². The molecular weight excluding hydrogens is 480 g/mol. The number of aliphatic hydroxyl groups is 2. The van der Waals surface area contributed by atoms with E-state index in [-0.39, 0.29) is 53.0 Å². The molecule has 18 heteroatoms. The second kappa shape index (κ2) is 11.1. The van der Waals surface area contributed by atoms with Gasteiger partial charge in [0, 0.05) is 6.42 Å². The van der Waals surface area contributed by atoms with Crippen molar-refractivity contribution in [3.8, 4) is 5.88 Å². The molecule has 2 aromatic heterocycles. The van der Waals surface area contributed by atoms with Crippen LogP contribution < -0.4 is 5.73 Å². The molecule has 0 saturated carbocycles. The zero-order chi connectivity index (χ0) is 23.6. The number of nitrogens with zero attached hydrogens (tertiary/aromatic N) is 4. The number of nitrogens with two attached hydrogens (primary N) is 1. The molecule has 0 aliphatic carbocycles. The number of imidazole rings is 1. The third kappa shape index (κ3) is 6.66. The molecule has 178 valence electrons. The Morgan fingerprint density at radius 3 is 2.61 bits per heavy atom. The van der Waals surface area contributed by atoms with Crippen molar-refractivity contribution in [3.05, 3.63) is 12.7 Å². The number of hydrogen-bond donors (Lipinski definition) is 6. The molecule has 0 amide bonds. The second-order valence-corrected chi connectivity index (χ2v) is 7.96. The van der Waals surface area contributed by atoms with Crippen molar-refractivity contribution < 1.29 is 53.3 Å². The topological polar surface area (TPSA) is 250 Å². The van der Waals surface area contributed by atoms with Crippen molar-refractivity contribution >= 4 is 60.5 Å². The van der Waals surface area contributed by atoms with Crippen LogP contribution in [-0.2, 0) is 28.2 Å². The van der Waals surface area contributed by atoms with Gasteiger partial charge in [-0.15, -0.1) is 0 Å². The molecule has 0 spiro atoms. The molecule has 0 unspecified atom stereocenters. The third-order valence-corrected chi connectivity index (χ3v) is 4.95. The predicted molar refractivity (Wildman–Crippen MR) is 106 cm³/mol. The first-order valence-corrected chi connectivity index (χ1v) is 10.6. The van der Waals surface area contributed by atoms with Gasteiger partial charge in [-0.25, -0.2) is 19.3 Å². The van der Waals surface area contributed by atoms with E-state index in [1.54, 1.807) is 0 Å². The Morgan fingerprint density at radius 2 is 1.94 bits per heavy atom. The monoisotopic (exact) mass is 501 g/mol. The molecule has 5 atom stereocenters. The number of fused-ring (bicyclic) bond motifs is 1. The van der Waals surface area contributed by atoms with Crippen molar-refractivity contribution in [2.24, 2.45) is 5.73 Å². The van der Waals surface area contributed by atoms with Gasteiger partial charge in [-0.3, -0.25) is 19.1 Å². The number of phosphoric acid groups is 1. The van der Waals surface area contributed by atoms with Crippen molar-refractivity contribution in [3.63, 3.8) is 0 Å². The summed E-state index contributed by atoms with van der Waals surface area (Å²) < 4.78 is 26.2. The molecule has 3 heterocycles. The summed E-state index contributed by atoms with van der Waals surface area (Å²) >= 11 is 0. The number of rotatable bonds is 8. The van der Waals surface area contributed by atoms with Gasteiger partial charge in [-0.2, -0.15) is 4.98 Å². The Bertz CT molecular complexity index is 1050. The van der Waals surface area contributed by atoms with Crippen molar-refractivity contribution in [2.45, 2.75) is 43.4 Å². The van der Waals surface area contributed by atoms with Gasteiger partial charge in [-0.05, 0) is 6.42 Å². The van der Waals surface area contributed by atoms with Crippen molar-refractivity contribution in [1.82, 2.24) is 19.5 Å². The van der Waals surface area contributed by atoms with Crippen LogP contribution in [0.1, 0.15) is 19.1 Å². The van der Waals surface area contributed by atoms with Crippen molar-refractivity contribution in [2.75, 3.05) is 6.61 Å². The quantitative estimate of drug-likeness (QED) is 0.118. The molecule has 16 nitrogen and oxygen atoms in total. The fourth-order valence-electron chi connectivity index (χ4n) is 2.95. The minimum absolute atomic E-state index is 0. The van der Waals surface area contributed by atoms with E-state index in [1.165, 1.54) is 10.9 Å². The van der Waals surface area contributed by atoms with E-state index in [4.69, 9.17) is 25.0 Å². The van der Waals surface area contributed by atoms with Crippen LogP contribution in [0.4, 0.5) is 0 Å². The summed E-state index contributed by atoms with van der Waals surface area (Å²) in [6.45, 7) is -0.456. The molecule has 1 fully saturated rings. The number of ether oxygens (including phenoxy) is 2. The molecule has 3 rings (SSSR count). The Kier molecular flexibility index (Phi) is 9.29. The Balaban J connectivity index is 0.00000385. The number of aromatic hydroxyl groups is 1. The number of carbonyl (C=O) groups excluding carboxylic acids is 2. The SMILES string of the molecule is N[C@@H](CCC(=O)OC[C@H]1O[C@@H](n2cnc3c(O)ncnc32)[C@H](O)[C@@H]1O)C(=O)OP(=O)(O)O.[NaH]. The standard InChI is InChI=1S/C15H20N5O11P.Na.H/c16-6(15(25)31-32(26,27)28)1-2-8(21)29-3-7-10(22)11(23)14(30-7)20-5-19-9-12(20)17-4-18-13(9)24;;/h4-7,10-11,14,22-23H,1-3,16H2,(H,17,18,24)(H2,26,27,28);;/t6-,7+,10+,11+,14+;;/m0../s1. The van der Waals surface area contributed by atoms with Gasteiger partial charge in [0.05, 0.1) is 6.33 Å². The number of carbonyl (C=O) groups is 2. The van der Waals surface area contributed by atoms with Gasteiger partial charge in [0.2, 0.25) is 5.88 Å². The van der Waals surface area contributed by atoms with E-state index in [1.807, 2.05) is 0 Å². The molecule has 1 saturated heterocycles. The fraction of sp³-hybridized carbons (Fsp3) is 0.533. The molecule has 0 radical (unpaired) electrons. The number of phosphoric ester groups is 1. The maximum absolute atomic E-state index is 11.9. The average Bonchev–Trinajstić information content (AvgIpc) is 3.26. The van der Waals surface area contributed by atoms with Gasteiger partial charge in [-0.1, -0.05) is 0 Å². The first-order valence-electron chi connectivity index (χ1n) is 9.06. The summed E-state index contributed by atoms with van der Waals surface area (Å²) in [6.07, 6.45) is -3.57. The summed E-state index contributed by atoms with van der Waals surface area (Å²) in [7, 11) is -5.05. The molecule has 33 heavy (non-hydrogen) atoms. The fourth-order valence-corrected chi connectivity index (χ4v) is 3.32. The van der Waals surface area contributed by atoms with Gasteiger partial charge >= 0.3 is 49.3 Å². The van der Waals surface area contributed by atoms with Crippen LogP contribution in [0.25, 0.3) is 11.2 Å². The summed E-state index contributed by atoms with van der Waals surface area (Å²) in [5.74, 6) is -2.60. The van der Waals surface area contributed by atoms with Gasteiger partial charge in [0.25, 0.3) is 0 Å². The normalized spacial score (nSPS) is 23.7. The van der Waals surface area contributed by atoms with E-state index >= 15 is 0 Å². The molecule has 0 bridgehead atoms. The predicted octanol–water partition coefficient (Wildman–Crippen LogP) is -3.21. The van der Waals surface area contributed by atoms with Gasteiger partial charge in [0.1, 0.15) is 37.3 Å². The van der Waals surface area contributed by atoms with Crippen LogP contribution in [0.3, 0.4) is 0 Å². The second-order valence-electron chi connectivity index (χ2n) is 6.80. The molecular formula is C15H21N5NaO11P. The van der Waals surface area contributed by atoms with E-state index in [2.05, 4.69) is 19.5 Å². The van der Waals surface area contributed by atoms with Crippen molar-refractivity contribution in [1.29, 1.82) is 0 Å². The van der Waals surface area contributed by atoms with Crippen LogP contribution >= 0.6 is 7.82 Å². The minimum atomic E-state index is -5.05. The number of aromatic nitrogens is 4. The van der Waals surface area contributed by atoms with E-state index in [9.17, 15) is 29.5 Å². The molecule has 7 N–H and O–H groups in total. The summed E-state index contributed by atoms with van der Waals surface area (Å²) in [6, 6.07) is -1.47. The average molecular weight is 501 g/mol. The molecule has 2 aromatic rings. The summed E-state index contributed by atoms with van der Waals surface area (Å²) in [4.78, 5) is 51.9. The zero-order valence-electron chi connectivity index (χ0n) is 16.2. The maximum atomic E-state index is 11.9. The third-order valence-electron chi connectivity index (χ3n) is 4.53. The van der Waals surface area contributed by atoms with Crippen LogP contribution in [0.15, 0.2) is 12.7 Å². The van der Waals surface area contributed by atoms with Crippen LogP contribution in [-0.4, -0.2) is 117 Å². The van der Waals surface area contributed by atoms with Crippen LogP contribution in [0.2, 0.25) is 0 Å². The Labute approximate surface area is 207 Å². The van der Waals surface area contributed by atoms with Crippen LogP contribution in [0.5, 0.6) is 5.88 Å². The first-order chi connectivity index (χ1) is 15.0. The number of hydrogen-bond acceptors (Lipinski definition) is 13. The van der Waals surface area contributed by atoms with Gasteiger partial charge in [0.15, 0.2) is 17.4 Å². The van der Waals surface area contributed by atoms with E-state index < -0.39 is 63.4 Å². The Morgan fingerprint density at radius 1 is 1.24 bits per heavy atom. The molecule has 0 aromatic carbocycles. The van der Waals surface area contributed by atoms with Crippen LogP contribution in [0, 0.1) is 0 Å². The zero-order valence-corrected chi connectivity index (χ0v) is 17.1.